The molecular formula is C9H21ClO. The van der Waals surface area contributed by atoms with Crippen molar-refractivity contribution < 1.29 is 4.74 Å². The smallest absolute Gasteiger partial charge is 0.0462 e. The van der Waals surface area contributed by atoms with Crippen molar-refractivity contribution >= 4 is 11.6 Å². The van der Waals surface area contributed by atoms with Crippen LogP contribution in [-0.2, 0) is 4.74 Å². The highest BCUT2D eigenvalue weighted by Crippen LogP contribution is 2.00. The van der Waals surface area contributed by atoms with E-state index in [4.69, 9.17) is 16.3 Å². The van der Waals surface area contributed by atoms with Crippen LogP contribution >= 0.6 is 11.6 Å². The molecule has 0 spiro atoms. The molecular weight excluding hydrogens is 160 g/mol. The van der Waals surface area contributed by atoms with E-state index >= 15 is 0 Å². The molecule has 0 unspecified atom stereocenters. The Morgan fingerprint density at radius 1 is 1.00 bits per heavy atom. The van der Waals surface area contributed by atoms with Gasteiger partial charge in [-0.2, -0.15) is 0 Å². The average Bonchev–Trinajstić information content (AvgIpc) is 2.08. The highest BCUT2D eigenvalue weighted by atomic mass is 35.5. The first-order valence-corrected chi connectivity index (χ1v) is 5.00. The van der Waals surface area contributed by atoms with Gasteiger partial charge in [-0.25, -0.2) is 0 Å². The Morgan fingerprint density at radius 3 is 2.00 bits per heavy atom. The van der Waals surface area contributed by atoms with Gasteiger partial charge in [0.1, 0.15) is 0 Å². The Balaban J connectivity index is 0. The summed E-state index contributed by atoms with van der Waals surface area (Å²) < 4.78 is 4.89. The molecule has 0 heterocycles. The zero-order valence-electron chi connectivity index (χ0n) is 8.03. The number of alkyl halides is 1. The largest absolute Gasteiger partial charge is 0.385 e. The molecule has 0 bridgehead atoms. The number of hydrogen-bond donors (Lipinski definition) is 0. The maximum atomic E-state index is 5.48. The summed E-state index contributed by atoms with van der Waals surface area (Å²) in [7, 11) is 1.74. The molecule has 0 saturated heterocycles. The summed E-state index contributed by atoms with van der Waals surface area (Å²) in [5, 5.41) is 0. The van der Waals surface area contributed by atoms with Crippen LogP contribution in [0, 0.1) is 0 Å². The molecule has 0 aromatic rings. The normalized spacial score (nSPS) is 8.73. The Kier molecular flexibility index (Phi) is 21.0. The van der Waals surface area contributed by atoms with Crippen LogP contribution in [0.3, 0.4) is 0 Å². The summed E-state index contributed by atoms with van der Waals surface area (Å²) in [5.41, 5.74) is 0. The molecule has 0 saturated carbocycles. The minimum absolute atomic E-state index is 0.799. The summed E-state index contributed by atoms with van der Waals surface area (Å²) >= 11 is 5.48. The summed E-state index contributed by atoms with van der Waals surface area (Å²) in [5.74, 6) is 0.799. The van der Waals surface area contributed by atoms with Crippen molar-refractivity contribution in [3.63, 3.8) is 0 Å². The number of hydrogen-bond acceptors (Lipinski definition) is 1. The Bertz CT molecular complexity index is 42.8. The fourth-order valence-corrected chi connectivity index (χ4v) is 0.883. The lowest BCUT2D eigenvalue weighted by molar-refractivity contribution is 0.192. The molecule has 0 aromatic carbocycles. The lowest BCUT2D eigenvalue weighted by Gasteiger charge is -1.96. The van der Waals surface area contributed by atoms with Crippen LogP contribution in [0.5, 0.6) is 0 Å². The van der Waals surface area contributed by atoms with Crippen LogP contribution in [0.15, 0.2) is 0 Å². The molecule has 70 valence electrons. The van der Waals surface area contributed by atoms with E-state index in [-0.39, 0.29) is 0 Å². The summed E-state index contributed by atoms with van der Waals surface area (Å²) in [6, 6.07) is 0. The molecule has 11 heavy (non-hydrogen) atoms. The Hall–Kier alpha value is 0.250. The maximum absolute atomic E-state index is 5.48. The quantitative estimate of drug-likeness (QED) is 0.450. The van der Waals surface area contributed by atoms with Gasteiger partial charge in [0, 0.05) is 19.6 Å². The lowest BCUT2D eigenvalue weighted by Crippen LogP contribution is -1.87. The van der Waals surface area contributed by atoms with E-state index in [1.54, 1.807) is 7.11 Å². The van der Waals surface area contributed by atoms with E-state index in [9.17, 15) is 0 Å². The Morgan fingerprint density at radius 2 is 1.55 bits per heavy atom. The SMILES string of the molecule is CC.COCCCCCCCl. The van der Waals surface area contributed by atoms with Crippen molar-refractivity contribution in [1.82, 2.24) is 0 Å². The molecule has 0 radical (unpaired) electrons. The van der Waals surface area contributed by atoms with Crippen LogP contribution in [0.25, 0.3) is 0 Å². The maximum Gasteiger partial charge on any atom is 0.0462 e. The molecule has 0 aromatic heterocycles. The van der Waals surface area contributed by atoms with Gasteiger partial charge in [-0.3, -0.25) is 0 Å². The second-order valence-corrected chi connectivity index (χ2v) is 2.47. The van der Waals surface area contributed by atoms with Gasteiger partial charge in [-0.05, 0) is 12.8 Å². The number of unbranched alkanes of at least 4 members (excludes halogenated alkanes) is 3. The van der Waals surface area contributed by atoms with E-state index in [1.165, 1.54) is 19.3 Å². The van der Waals surface area contributed by atoms with Crippen LogP contribution in [-0.4, -0.2) is 19.6 Å². The third kappa shape index (κ3) is 17.9. The zero-order chi connectivity index (χ0) is 8.95. The van der Waals surface area contributed by atoms with E-state index in [0.29, 0.717) is 0 Å². The molecule has 0 aliphatic carbocycles. The highest BCUT2D eigenvalue weighted by Gasteiger charge is 1.86. The van der Waals surface area contributed by atoms with Crippen molar-refractivity contribution in [3.8, 4) is 0 Å². The molecule has 0 fully saturated rings. The third-order valence-electron chi connectivity index (χ3n) is 1.23. The highest BCUT2D eigenvalue weighted by molar-refractivity contribution is 6.17. The van der Waals surface area contributed by atoms with E-state index < -0.39 is 0 Å². The van der Waals surface area contributed by atoms with E-state index in [0.717, 1.165) is 18.9 Å². The van der Waals surface area contributed by atoms with Gasteiger partial charge in [-0.15, -0.1) is 11.6 Å². The first-order valence-electron chi connectivity index (χ1n) is 4.46. The predicted molar refractivity (Wildman–Crippen MR) is 52.4 cm³/mol. The van der Waals surface area contributed by atoms with Crippen molar-refractivity contribution in [3.05, 3.63) is 0 Å². The van der Waals surface area contributed by atoms with Crippen LogP contribution in [0.1, 0.15) is 39.5 Å². The first-order chi connectivity index (χ1) is 5.41. The monoisotopic (exact) mass is 180 g/mol. The van der Waals surface area contributed by atoms with Crippen LogP contribution in [0.4, 0.5) is 0 Å². The van der Waals surface area contributed by atoms with E-state index in [2.05, 4.69) is 0 Å². The number of rotatable bonds is 6. The molecule has 0 atom stereocenters. The number of ether oxygens (including phenoxy) is 1. The van der Waals surface area contributed by atoms with Crippen molar-refractivity contribution in [1.29, 1.82) is 0 Å². The molecule has 0 amide bonds. The van der Waals surface area contributed by atoms with Crippen molar-refractivity contribution in [2.45, 2.75) is 39.5 Å². The standard InChI is InChI=1S/C7H15ClO.C2H6/c1-9-7-5-3-2-4-6-8;1-2/h2-7H2,1H3;1-2H3. The molecule has 2 heteroatoms. The molecule has 1 nitrogen and oxygen atoms in total. The first kappa shape index (κ1) is 13.8. The summed E-state index contributed by atoms with van der Waals surface area (Å²) in [6.45, 7) is 4.89. The van der Waals surface area contributed by atoms with Crippen molar-refractivity contribution in [2.24, 2.45) is 0 Å². The predicted octanol–water partition coefficient (Wildman–Crippen LogP) is 3.46. The van der Waals surface area contributed by atoms with Gasteiger partial charge >= 0.3 is 0 Å². The van der Waals surface area contributed by atoms with Gasteiger partial charge in [0.2, 0.25) is 0 Å². The lowest BCUT2D eigenvalue weighted by atomic mass is 10.2. The average molecular weight is 181 g/mol. The molecule has 0 N–H and O–H groups in total. The third-order valence-corrected chi connectivity index (χ3v) is 1.50. The van der Waals surface area contributed by atoms with Crippen molar-refractivity contribution in [2.75, 3.05) is 19.6 Å². The number of halogens is 1. The van der Waals surface area contributed by atoms with Gasteiger partial charge in [0.05, 0.1) is 0 Å². The number of methoxy groups -OCH3 is 1. The van der Waals surface area contributed by atoms with Gasteiger partial charge in [0.25, 0.3) is 0 Å². The fourth-order valence-electron chi connectivity index (χ4n) is 0.694. The summed E-state index contributed by atoms with van der Waals surface area (Å²) in [6.07, 6.45) is 4.81. The molecule has 0 aliphatic heterocycles. The van der Waals surface area contributed by atoms with Gasteiger partial charge in [0.15, 0.2) is 0 Å². The molecule has 0 rings (SSSR count). The Labute approximate surface area is 76.1 Å². The van der Waals surface area contributed by atoms with Gasteiger partial charge in [-0.1, -0.05) is 26.7 Å². The summed E-state index contributed by atoms with van der Waals surface area (Å²) in [4.78, 5) is 0. The second kappa shape index (κ2) is 16.7. The van der Waals surface area contributed by atoms with Crippen LogP contribution < -0.4 is 0 Å². The zero-order valence-corrected chi connectivity index (χ0v) is 8.78. The topological polar surface area (TPSA) is 9.23 Å². The second-order valence-electron chi connectivity index (χ2n) is 2.10. The van der Waals surface area contributed by atoms with E-state index in [1.807, 2.05) is 13.8 Å². The molecule has 0 aliphatic rings. The minimum Gasteiger partial charge on any atom is -0.385 e. The minimum atomic E-state index is 0.799. The van der Waals surface area contributed by atoms with Gasteiger partial charge < -0.3 is 4.74 Å². The fraction of sp³-hybridized carbons (Fsp3) is 1.00. The van der Waals surface area contributed by atoms with Crippen LogP contribution in [0.2, 0.25) is 0 Å².